The second-order valence-corrected chi connectivity index (χ2v) is 8.42. The van der Waals surface area contributed by atoms with Crippen LogP contribution >= 0.6 is 11.6 Å². The molecule has 1 aromatic heterocycles. The monoisotopic (exact) mass is 449 g/mol. The molecule has 0 aliphatic heterocycles. The van der Waals surface area contributed by atoms with E-state index >= 15 is 0 Å². The molecular formula is C19H20ClN5O4S. The van der Waals surface area contributed by atoms with Crippen LogP contribution in [0.5, 0.6) is 5.75 Å². The highest BCUT2D eigenvalue weighted by atomic mass is 35.5. The number of benzene rings is 2. The lowest BCUT2D eigenvalue weighted by Gasteiger charge is -2.07. The minimum atomic E-state index is -3.73. The molecule has 1 amide bonds. The number of rotatable bonds is 9. The number of nitrogens with zero attached hydrogens (tertiary/aromatic N) is 2. The molecule has 30 heavy (non-hydrogen) atoms. The summed E-state index contributed by atoms with van der Waals surface area (Å²) in [7, 11) is -2.14. The average Bonchev–Trinajstić information content (AvgIpc) is 3.21. The topological polar surface area (TPSA) is 126 Å². The fraction of sp³-hybridized carbons (Fsp3) is 0.211. The second-order valence-electron chi connectivity index (χ2n) is 6.22. The average molecular weight is 450 g/mol. The number of halogens is 1. The van der Waals surface area contributed by atoms with Crippen molar-refractivity contribution in [1.29, 1.82) is 0 Å². The molecule has 0 aliphatic rings. The number of nitrogens with one attached hydrogen (secondary N) is 3. The first-order valence-electron chi connectivity index (χ1n) is 8.95. The van der Waals surface area contributed by atoms with Gasteiger partial charge in [0, 0.05) is 23.6 Å². The quantitative estimate of drug-likeness (QED) is 0.459. The molecule has 3 aromatic rings. The molecule has 0 saturated heterocycles. The molecule has 158 valence electrons. The van der Waals surface area contributed by atoms with Gasteiger partial charge >= 0.3 is 0 Å². The van der Waals surface area contributed by atoms with Gasteiger partial charge < -0.3 is 10.1 Å². The Labute approximate surface area is 178 Å². The van der Waals surface area contributed by atoms with Crippen molar-refractivity contribution in [3.05, 3.63) is 59.4 Å². The maximum Gasteiger partial charge on any atom is 0.240 e. The van der Waals surface area contributed by atoms with Crippen LogP contribution in [0.2, 0.25) is 5.02 Å². The van der Waals surface area contributed by atoms with Crippen LogP contribution in [-0.4, -0.2) is 43.2 Å². The Balaban J connectivity index is 1.46. The molecule has 0 fully saturated rings. The van der Waals surface area contributed by atoms with Crippen molar-refractivity contribution in [1.82, 2.24) is 25.2 Å². The fourth-order valence-corrected chi connectivity index (χ4v) is 3.86. The highest BCUT2D eigenvalue weighted by Crippen LogP contribution is 2.19. The van der Waals surface area contributed by atoms with E-state index in [0.29, 0.717) is 16.7 Å². The van der Waals surface area contributed by atoms with Gasteiger partial charge in [-0.3, -0.25) is 9.89 Å². The number of carbonyl (C=O) groups excluding carboxylic acids is 1. The summed E-state index contributed by atoms with van der Waals surface area (Å²) in [6, 6.07) is 13.2. The summed E-state index contributed by atoms with van der Waals surface area (Å²) in [5.74, 6) is 1.38. The summed E-state index contributed by atoms with van der Waals surface area (Å²) < 4.78 is 31.9. The Morgan fingerprint density at radius 2 is 1.97 bits per heavy atom. The largest absolute Gasteiger partial charge is 0.497 e. The zero-order valence-corrected chi connectivity index (χ0v) is 17.6. The van der Waals surface area contributed by atoms with Gasteiger partial charge in [0.05, 0.1) is 18.6 Å². The Kier molecular flexibility index (Phi) is 7.03. The third-order valence-electron chi connectivity index (χ3n) is 4.08. The molecule has 0 saturated carbocycles. The van der Waals surface area contributed by atoms with Crippen LogP contribution in [0.1, 0.15) is 12.2 Å². The predicted octanol–water partition coefficient (Wildman–Crippen LogP) is 2.12. The van der Waals surface area contributed by atoms with E-state index in [2.05, 4.69) is 25.2 Å². The molecule has 0 radical (unpaired) electrons. The summed E-state index contributed by atoms with van der Waals surface area (Å²) in [6.07, 6.45) is -0.0285. The van der Waals surface area contributed by atoms with Crippen LogP contribution in [-0.2, 0) is 21.4 Å². The summed E-state index contributed by atoms with van der Waals surface area (Å²) >= 11 is 5.81. The summed E-state index contributed by atoms with van der Waals surface area (Å²) in [6.45, 7) is 0.0945. The van der Waals surface area contributed by atoms with Gasteiger partial charge in [-0.1, -0.05) is 17.7 Å². The lowest BCUT2D eigenvalue weighted by Crippen LogP contribution is -2.30. The van der Waals surface area contributed by atoms with Crippen LogP contribution in [0.4, 0.5) is 0 Å². The van der Waals surface area contributed by atoms with E-state index in [-0.39, 0.29) is 30.3 Å². The van der Waals surface area contributed by atoms with E-state index in [0.717, 1.165) is 11.3 Å². The number of hydrogen-bond donors (Lipinski definition) is 3. The van der Waals surface area contributed by atoms with Crippen LogP contribution in [0, 0.1) is 0 Å². The van der Waals surface area contributed by atoms with E-state index in [1.165, 1.54) is 12.1 Å². The molecule has 9 nitrogen and oxygen atoms in total. The van der Waals surface area contributed by atoms with Crippen molar-refractivity contribution in [2.45, 2.75) is 17.9 Å². The van der Waals surface area contributed by atoms with E-state index < -0.39 is 10.0 Å². The third kappa shape index (κ3) is 5.78. The van der Waals surface area contributed by atoms with Gasteiger partial charge in [0.2, 0.25) is 15.9 Å². The number of hydrogen-bond acceptors (Lipinski definition) is 6. The number of sulfonamides is 1. The van der Waals surface area contributed by atoms with Crippen molar-refractivity contribution in [3.63, 3.8) is 0 Å². The SMILES string of the molecule is COc1ccc(-c2n[nH]c(CNC(=O)CCNS(=O)(=O)c3cccc(Cl)c3)n2)cc1. The van der Waals surface area contributed by atoms with Gasteiger partial charge in [-0.05, 0) is 42.5 Å². The van der Waals surface area contributed by atoms with Crippen molar-refractivity contribution >= 4 is 27.5 Å². The molecule has 0 aliphatic carbocycles. The Morgan fingerprint density at radius 3 is 2.67 bits per heavy atom. The number of H-pyrrole nitrogens is 1. The van der Waals surface area contributed by atoms with E-state index in [9.17, 15) is 13.2 Å². The number of methoxy groups -OCH3 is 1. The van der Waals surface area contributed by atoms with E-state index in [1.54, 1.807) is 31.4 Å². The first-order valence-corrected chi connectivity index (χ1v) is 10.8. The maximum atomic E-state index is 12.2. The summed E-state index contributed by atoms with van der Waals surface area (Å²) in [5.41, 5.74) is 0.806. The predicted molar refractivity (Wildman–Crippen MR) is 111 cm³/mol. The lowest BCUT2D eigenvalue weighted by atomic mass is 10.2. The minimum Gasteiger partial charge on any atom is -0.497 e. The molecular weight excluding hydrogens is 430 g/mol. The van der Waals surface area contributed by atoms with Gasteiger partial charge in [-0.25, -0.2) is 18.1 Å². The Bertz CT molecular complexity index is 1120. The fourth-order valence-electron chi connectivity index (χ4n) is 2.53. The maximum absolute atomic E-state index is 12.2. The molecule has 0 unspecified atom stereocenters. The van der Waals surface area contributed by atoms with E-state index in [1.807, 2.05) is 12.1 Å². The number of amides is 1. The van der Waals surface area contributed by atoms with Crippen LogP contribution < -0.4 is 14.8 Å². The standard InChI is InChI=1S/C19H20ClN5O4S/c1-29-15-7-5-13(6-8-15)19-23-17(24-25-19)12-21-18(26)9-10-22-30(27,28)16-4-2-3-14(20)11-16/h2-8,11,22H,9-10,12H2,1H3,(H,21,26)(H,23,24,25). The van der Waals surface area contributed by atoms with Crippen molar-refractivity contribution in [2.24, 2.45) is 0 Å². The van der Waals surface area contributed by atoms with Gasteiger partial charge in [-0.15, -0.1) is 0 Å². The van der Waals surface area contributed by atoms with Crippen molar-refractivity contribution in [2.75, 3.05) is 13.7 Å². The first-order chi connectivity index (χ1) is 14.4. The summed E-state index contributed by atoms with van der Waals surface area (Å²) in [4.78, 5) is 16.4. The molecule has 11 heteroatoms. The second kappa shape index (κ2) is 9.70. The molecule has 3 N–H and O–H groups in total. The Hall–Kier alpha value is -2.95. The molecule has 0 bridgehead atoms. The highest BCUT2D eigenvalue weighted by molar-refractivity contribution is 7.89. The van der Waals surface area contributed by atoms with Gasteiger partial charge in [0.25, 0.3) is 0 Å². The Morgan fingerprint density at radius 1 is 1.20 bits per heavy atom. The zero-order valence-electron chi connectivity index (χ0n) is 16.1. The number of ether oxygens (including phenoxy) is 1. The number of aromatic nitrogens is 3. The van der Waals surface area contributed by atoms with Crippen molar-refractivity contribution < 1.29 is 17.9 Å². The van der Waals surface area contributed by atoms with Crippen molar-refractivity contribution in [3.8, 4) is 17.1 Å². The van der Waals surface area contributed by atoms with Crippen LogP contribution in [0.3, 0.4) is 0 Å². The molecule has 1 heterocycles. The van der Waals surface area contributed by atoms with Gasteiger partial charge in [0.15, 0.2) is 5.82 Å². The van der Waals surface area contributed by atoms with Gasteiger partial charge in [0.1, 0.15) is 11.6 Å². The molecule has 0 atom stereocenters. The third-order valence-corrected chi connectivity index (χ3v) is 5.78. The molecule has 3 rings (SSSR count). The van der Waals surface area contributed by atoms with Gasteiger partial charge in [-0.2, -0.15) is 5.10 Å². The normalized spacial score (nSPS) is 11.3. The molecule has 2 aromatic carbocycles. The first kappa shape index (κ1) is 21.8. The molecule has 0 spiro atoms. The lowest BCUT2D eigenvalue weighted by molar-refractivity contribution is -0.121. The van der Waals surface area contributed by atoms with E-state index in [4.69, 9.17) is 16.3 Å². The smallest absolute Gasteiger partial charge is 0.240 e. The van der Waals surface area contributed by atoms with Crippen LogP contribution in [0.25, 0.3) is 11.4 Å². The number of carbonyl (C=O) groups is 1. The highest BCUT2D eigenvalue weighted by Gasteiger charge is 2.14. The van der Waals surface area contributed by atoms with Crippen LogP contribution in [0.15, 0.2) is 53.4 Å². The number of aromatic amines is 1. The minimum absolute atomic E-state index is 0.0285. The zero-order chi connectivity index (χ0) is 21.6. The summed E-state index contributed by atoms with van der Waals surface area (Å²) in [5, 5.41) is 9.87.